The van der Waals surface area contributed by atoms with Gasteiger partial charge in [-0.1, -0.05) is 12.1 Å². The fourth-order valence-electron chi connectivity index (χ4n) is 5.25. The van der Waals surface area contributed by atoms with Gasteiger partial charge in [-0.05, 0) is 94.5 Å². The average molecular weight is 664 g/mol. The number of hydrogen-bond acceptors (Lipinski definition) is 9. The van der Waals surface area contributed by atoms with Crippen molar-refractivity contribution in [3.05, 3.63) is 85.1 Å². The van der Waals surface area contributed by atoms with Crippen LogP contribution in [-0.2, 0) is 14.8 Å². The Morgan fingerprint density at radius 1 is 0.915 bits per heavy atom. The lowest BCUT2D eigenvalue weighted by Gasteiger charge is -2.30. The highest BCUT2D eigenvalue weighted by Crippen LogP contribution is 2.36. The van der Waals surface area contributed by atoms with E-state index in [0.717, 1.165) is 37.3 Å². The molecular formula is C34H38FN5O6S. The molecule has 13 heteroatoms. The van der Waals surface area contributed by atoms with E-state index in [2.05, 4.69) is 25.3 Å². The zero-order valence-electron chi connectivity index (χ0n) is 26.6. The molecule has 4 aromatic rings. The second-order valence-electron chi connectivity index (χ2n) is 12.1. The van der Waals surface area contributed by atoms with Gasteiger partial charge >= 0.3 is 6.09 Å². The number of carbonyl (C=O) groups excluding carboxylic acids is 1. The van der Waals surface area contributed by atoms with Crippen LogP contribution in [0.1, 0.15) is 46.5 Å². The van der Waals surface area contributed by atoms with E-state index in [0.29, 0.717) is 17.1 Å². The van der Waals surface area contributed by atoms with Crippen molar-refractivity contribution >= 4 is 27.6 Å². The van der Waals surface area contributed by atoms with Gasteiger partial charge in [0.1, 0.15) is 27.8 Å². The molecule has 2 heterocycles. The molecule has 0 aliphatic heterocycles. The van der Waals surface area contributed by atoms with Gasteiger partial charge in [-0.2, -0.15) is 0 Å². The van der Waals surface area contributed by atoms with Crippen molar-refractivity contribution < 1.29 is 31.8 Å². The first-order valence-corrected chi connectivity index (χ1v) is 16.7. The lowest BCUT2D eigenvalue weighted by Crippen LogP contribution is -2.42. The van der Waals surface area contributed by atoms with E-state index in [1.807, 2.05) is 32.9 Å². The van der Waals surface area contributed by atoms with Crippen molar-refractivity contribution in [2.45, 2.75) is 69.0 Å². The minimum atomic E-state index is -4.04. The smallest absolute Gasteiger partial charge is 0.407 e. The number of amides is 1. The molecule has 1 saturated carbocycles. The number of para-hydroxylation sites is 1. The Balaban J connectivity index is 1.24. The highest BCUT2D eigenvalue weighted by Gasteiger charge is 2.25. The summed E-state index contributed by atoms with van der Waals surface area (Å²) >= 11 is 0. The molecule has 2 aromatic carbocycles. The molecular weight excluding hydrogens is 625 g/mol. The number of nitrogens with zero attached hydrogens (tertiary/aromatic N) is 2. The number of nitrogens with one attached hydrogen (secondary N) is 3. The molecule has 3 N–H and O–H groups in total. The summed E-state index contributed by atoms with van der Waals surface area (Å²) in [5.74, 6) is 0.328. The van der Waals surface area contributed by atoms with Crippen molar-refractivity contribution in [3.63, 3.8) is 0 Å². The topological polar surface area (TPSA) is 141 Å². The molecule has 1 amide bonds. The van der Waals surface area contributed by atoms with Crippen LogP contribution in [-0.4, -0.2) is 49.3 Å². The second-order valence-corrected chi connectivity index (χ2v) is 13.8. The molecule has 0 spiro atoms. The third-order valence-corrected chi connectivity index (χ3v) is 8.84. The third-order valence-electron chi connectivity index (χ3n) is 7.41. The molecule has 11 nitrogen and oxygen atoms in total. The maximum absolute atomic E-state index is 15.2. The fraction of sp³-hybridized carbons (Fsp3) is 0.324. The Hall–Kier alpha value is -4.91. The average Bonchev–Trinajstić information content (AvgIpc) is 3.02. The number of methoxy groups -OCH3 is 1. The largest absolute Gasteiger partial charge is 0.495 e. The van der Waals surface area contributed by atoms with E-state index >= 15 is 4.39 Å². The lowest BCUT2D eigenvalue weighted by atomic mass is 9.91. The minimum Gasteiger partial charge on any atom is -0.495 e. The molecule has 0 bridgehead atoms. The zero-order chi connectivity index (χ0) is 33.6. The van der Waals surface area contributed by atoms with Crippen LogP contribution in [0.15, 0.2) is 84.1 Å². The SMILES string of the molecule is COc1ccccc1S(=O)(=O)Nc1ccc(Oc2ccncc2-c2ccnc(NC3CCC(NC(=O)OC(C)(C)C)CC3)c2)c(F)c1. The van der Waals surface area contributed by atoms with Gasteiger partial charge in [-0.3, -0.25) is 9.71 Å². The van der Waals surface area contributed by atoms with Crippen LogP contribution in [0.25, 0.3) is 11.1 Å². The number of aromatic nitrogens is 2. The maximum Gasteiger partial charge on any atom is 0.407 e. The van der Waals surface area contributed by atoms with Gasteiger partial charge in [-0.25, -0.2) is 22.6 Å². The third kappa shape index (κ3) is 8.88. The number of pyridine rings is 2. The van der Waals surface area contributed by atoms with Crippen LogP contribution in [0.2, 0.25) is 0 Å². The van der Waals surface area contributed by atoms with Gasteiger partial charge in [0, 0.05) is 42.3 Å². The van der Waals surface area contributed by atoms with Gasteiger partial charge in [0.05, 0.1) is 12.8 Å². The molecule has 1 aliphatic carbocycles. The maximum atomic E-state index is 15.2. The molecule has 0 saturated heterocycles. The van der Waals surface area contributed by atoms with Gasteiger partial charge in [-0.15, -0.1) is 0 Å². The molecule has 1 fully saturated rings. The predicted octanol–water partition coefficient (Wildman–Crippen LogP) is 7.13. The van der Waals surface area contributed by atoms with Crippen LogP contribution >= 0.6 is 0 Å². The summed E-state index contributed by atoms with van der Waals surface area (Å²) < 4.78 is 60.0. The first-order chi connectivity index (χ1) is 22.4. The molecule has 5 rings (SSSR count). The van der Waals surface area contributed by atoms with Crippen LogP contribution in [0.5, 0.6) is 17.2 Å². The van der Waals surface area contributed by atoms with Crippen LogP contribution in [0, 0.1) is 5.82 Å². The van der Waals surface area contributed by atoms with Crippen molar-refractivity contribution in [1.82, 2.24) is 15.3 Å². The van der Waals surface area contributed by atoms with E-state index in [4.69, 9.17) is 14.2 Å². The number of ether oxygens (including phenoxy) is 3. The number of carbonyl (C=O) groups is 1. The zero-order valence-corrected chi connectivity index (χ0v) is 27.4. The number of sulfonamides is 1. The Kier molecular flexibility index (Phi) is 10.1. The lowest BCUT2D eigenvalue weighted by molar-refractivity contribution is 0.0492. The minimum absolute atomic E-state index is 0.0233. The Labute approximate surface area is 273 Å². The van der Waals surface area contributed by atoms with Crippen LogP contribution < -0.4 is 24.8 Å². The van der Waals surface area contributed by atoms with Crippen LogP contribution in [0.3, 0.4) is 0 Å². The number of alkyl carbamates (subject to hydrolysis) is 1. The Bertz CT molecular complexity index is 1820. The van der Waals surface area contributed by atoms with Gasteiger partial charge in [0.15, 0.2) is 11.6 Å². The molecule has 47 heavy (non-hydrogen) atoms. The summed E-state index contributed by atoms with van der Waals surface area (Å²) in [4.78, 5) is 20.8. The summed E-state index contributed by atoms with van der Waals surface area (Å²) in [5.41, 5.74) is 0.852. The molecule has 0 unspecified atom stereocenters. The molecule has 0 atom stereocenters. The number of hydrogen-bond donors (Lipinski definition) is 3. The first kappa shape index (κ1) is 33.5. The summed E-state index contributed by atoms with van der Waals surface area (Å²) in [5, 5.41) is 6.44. The number of halogens is 1. The van der Waals surface area contributed by atoms with E-state index in [-0.39, 0.29) is 34.2 Å². The van der Waals surface area contributed by atoms with E-state index in [9.17, 15) is 13.2 Å². The van der Waals surface area contributed by atoms with Crippen LogP contribution in [0.4, 0.5) is 20.7 Å². The summed E-state index contributed by atoms with van der Waals surface area (Å²) in [7, 11) is -2.67. The monoisotopic (exact) mass is 663 g/mol. The fourth-order valence-corrected chi connectivity index (χ4v) is 6.47. The van der Waals surface area contributed by atoms with Crippen molar-refractivity contribution in [2.24, 2.45) is 0 Å². The quantitative estimate of drug-likeness (QED) is 0.162. The molecule has 2 aromatic heterocycles. The molecule has 248 valence electrons. The second kappa shape index (κ2) is 14.2. The number of anilines is 2. The highest BCUT2D eigenvalue weighted by molar-refractivity contribution is 7.92. The van der Waals surface area contributed by atoms with Gasteiger partial charge in [0.25, 0.3) is 10.0 Å². The highest BCUT2D eigenvalue weighted by atomic mass is 32.2. The van der Waals surface area contributed by atoms with E-state index in [1.165, 1.54) is 37.6 Å². The van der Waals surface area contributed by atoms with Crippen molar-refractivity contribution in [3.8, 4) is 28.4 Å². The Morgan fingerprint density at radius 3 is 2.38 bits per heavy atom. The predicted molar refractivity (Wildman–Crippen MR) is 177 cm³/mol. The van der Waals surface area contributed by atoms with Gasteiger partial charge in [0.2, 0.25) is 0 Å². The van der Waals surface area contributed by atoms with E-state index in [1.54, 1.807) is 30.6 Å². The summed E-state index contributed by atoms with van der Waals surface area (Å²) in [6.45, 7) is 5.51. The normalized spacial score (nSPS) is 16.5. The Morgan fingerprint density at radius 2 is 1.66 bits per heavy atom. The summed E-state index contributed by atoms with van der Waals surface area (Å²) in [6, 6.07) is 15.5. The van der Waals surface area contributed by atoms with Crippen molar-refractivity contribution in [1.29, 1.82) is 0 Å². The molecule has 0 radical (unpaired) electrons. The van der Waals surface area contributed by atoms with Crippen molar-refractivity contribution in [2.75, 3.05) is 17.1 Å². The van der Waals surface area contributed by atoms with Gasteiger partial charge < -0.3 is 24.8 Å². The first-order valence-electron chi connectivity index (χ1n) is 15.2. The number of rotatable bonds is 10. The number of benzene rings is 2. The van der Waals surface area contributed by atoms with E-state index < -0.39 is 27.5 Å². The summed E-state index contributed by atoms with van der Waals surface area (Å²) in [6.07, 6.45) is 7.74. The molecule has 1 aliphatic rings. The standard InChI is InChI=1S/C34H38FN5O6S/c1-34(2,3)46-33(41)39-24-11-9-23(10-12-24)38-32-19-22(15-18-37-32)26-21-36-17-16-28(26)45-29-14-13-25(20-27(29)35)40-47(42,43)31-8-6-5-7-30(31)44-4/h5-8,13-21,23-24,40H,9-12H2,1-4H3,(H,37,38)(H,39,41).